The van der Waals surface area contributed by atoms with Gasteiger partial charge in [-0.05, 0) is 71.1 Å². The Morgan fingerprint density at radius 1 is 1.18 bits per heavy atom. The van der Waals surface area contributed by atoms with E-state index in [4.69, 9.17) is 4.74 Å². The molecule has 0 aromatic heterocycles. The van der Waals surface area contributed by atoms with Crippen LogP contribution in [-0.2, 0) is 20.9 Å². The number of nitrogens with zero attached hydrogens (tertiary/aromatic N) is 1. The van der Waals surface area contributed by atoms with Crippen LogP contribution in [0.15, 0.2) is 42.0 Å². The number of carbonyl (C=O) groups excluding carboxylic acids is 3. The highest BCUT2D eigenvalue weighted by Gasteiger charge is 2.32. The molecule has 2 aliphatic rings. The molecule has 1 aliphatic carbocycles. The van der Waals surface area contributed by atoms with Gasteiger partial charge < -0.3 is 9.64 Å². The number of nitrogens with one attached hydrogen (secondary N) is 2. The van der Waals surface area contributed by atoms with Gasteiger partial charge in [-0.15, -0.1) is 0 Å². The summed E-state index contributed by atoms with van der Waals surface area (Å²) in [5, 5.41) is 0. The molecule has 0 unspecified atom stereocenters. The van der Waals surface area contributed by atoms with Crippen molar-refractivity contribution in [2.45, 2.75) is 32.7 Å². The maximum Gasteiger partial charge on any atom is 0.267 e. The first-order valence-electron chi connectivity index (χ1n) is 10.5. The highest BCUT2D eigenvalue weighted by Crippen LogP contribution is 2.40. The molecule has 7 nitrogen and oxygen atoms in total. The number of carbonyl (C=O) groups is 3. The third kappa shape index (κ3) is 4.93. The van der Waals surface area contributed by atoms with Gasteiger partial charge in [-0.25, -0.2) is 4.39 Å². The summed E-state index contributed by atoms with van der Waals surface area (Å²) in [6, 6.07) is 10.0. The van der Waals surface area contributed by atoms with Crippen LogP contribution in [0.2, 0.25) is 0 Å². The average Bonchev–Trinajstić information content (AvgIpc) is 3.66. The fraction of sp³-hybridized carbons (Fsp3) is 0.292. The van der Waals surface area contributed by atoms with Crippen LogP contribution in [0, 0.1) is 18.7 Å². The first-order valence-corrected chi connectivity index (χ1v) is 11.3. The van der Waals surface area contributed by atoms with Crippen LogP contribution in [-0.4, -0.2) is 24.8 Å². The van der Waals surface area contributed by atoms with E-state index in [1.807, 2.05) is 0 Å². The normalized spacial score (nSPS) is 15.6. The van der Waals surface area contributed by atoms with E-state index in [1.54, 1.807) is 37.3 Å². The summed E-state index contributed by atoms with van der Waals surface area (Å²) < 4.78 is 19.9. The van der Waals surface area contributed by atoms with Gasteiger partial charge in [0.05, 0.1) is 25.8 Å². The number of aryl methyl sites for hydroxylation is 1. The lowest BCUT2D eigenvalue weighted by Crippen LogP contribution is -2.43. The van der Waals surface area contributed by atoms with E-state index in [1.165, 1.54) is 18.1 Å². The molecule has 3 amide bonds. The molecule has 1 saturated carbocycles. The molecular formula is C24H23BrFN3O4. The summed E-state index contributed by atoms with van der Waals surface area (Å²) >= 11 is 3.49. The van der Waals surface area contributed by atoms with Crippen LogP contribution in [0.3, 0.4) is 0 Å². The number of halogens is 2. The maximum absolute atomic E-state index is 14.1. The Labute approximate surface area is 199 Å². The molecule has 172 valence electrons. The zero-order valence-electron chi connectivity index (χ0n) is 18.2. The van der Waals surface area contributed by atoms with Gasteiger partial charge in [0.25, 0.3) is 5.91 Å². The molecule has 1 heterocycles. The van der Waals surface area contributed by atoms with Crippen molar-refractivity contribution in [3.63, 3.8) is 0 Å². The third-order valence-corrected chi connectivity index (χ3v) is 6.63. The molecule has 2 N–H and O–H groups in total. The fourth-order valence-corrected chi connectivity index (χ4v) is 4.22. The van der Waals surface area contributed by atoms with Crippen molar-refractivity contribution in [3.05, 3.63) is 64.5 Å². The average molecular weight is 516 g/mol. The largest absolute Gasteiger partial charge is 0.497 e. The summed E-state index contributed by atoms with van der Waals surface area (Å²) in [5.74, 6) is -1.05. The van der Waals surface area contributed by atoms with Crippen molar-refractivity contribution in [1.29, 1.82) is 0 Å². The smallest absolute Gasteiger partial charge is 0.267 e. The second-order valence-corrected chi connectivity index (χ2v) is 8.93. The molecule has 2 aromatic rings. The summed E-state index contributed by atoms with van der Waals surface area (Å²) in [5.41, 5.74) is 7.27. The van der Waals surface area contributed by atoms with Gasteiger partial charge in [0.1, 0.15) is 11.6 Å². The molecule has 1 aliphatic heterocycles. The van der Waals surface area contributed by atoms with Crippen LogP contribution in [0.5, 0.6) is 5.75 Å². The Hall–Kier alpha value is -3.20. The minimum absolute atomic E-state index is 0.0751. The lowest BCUT2D eigenvalue weighted by atomic mass is 10.1. The molecule has 2 aromatic carbocycles. The third-order valence-electron chi connectivity index (χ3n) is 5.72. The van der Waals surface area contributed by atoms with Crippen molar-refractivity contribution >= 4 is 43.8 Å². The zero-order valence-corrected chi connectivity index (χ0v) is 19.8. The fourth-order valence-electron chi connectivity index (χ4n) is 3.59. The molecule has 1 fully saturated rings. The number of fused-ring (bicyclic) bond motifs is 1. The standard InChI is InChI=1S/C24H23BrFN3O4/c1-13-3-4-14(9-19(13)26)12-29-20-8-7-16(33-2)10-17(20)22(25)18(11-21(29)30)24(32)28-27-23(31)15-5-6-15/h3-4,7-10,15H,5-6,11-12H2,1-2H3,(H,27,31)(H,28,32). The monoisotopic (exact) mass is 515 g/mol. The van der Waals surface area contributed by atoms with Crippen LogP contribution in [0.25, 0.3) is 4.48 Å². The van der Waals surface area contributed by atoms with Crippen LogP contribution in [0.4, 0.5) is 10.1 Å². The van der Waals surface area contributed by atoms with E-state index in [-0.39, 0.29) is 42.1 Å². The molecule has 0 saturated heterocycles. The highest BCUT2D eigenvalue weighted by molar-refractivity contribution is 9.15. The second kappa shape index (κ2) is 9.35. The predicted molar refractivity (Wildman–Crippen MR) is 125 cm³/mol. The van der Waals surface area contributed by atoms with Crippen molar-refractivity contribution < 1.29 is 23.5 Å². The summed E-state index contributed by atoms with van der Waals surface area (Å²) in [7, 11) is 1.52. The minimum atomic E-state index is -0.582. The first-order chi connectivity index (χ1) is 15.8. The van der Waals surface area contributed by atoms with Crippen molar-refractivity contribution in [1.82, 2.24) is 10.9 Å². The van der Waals surface area contributed by atoms with E-state index in [0.29, 0.717) is 32.6 Å². The lowest BCUT2D eigenvalue weighted by molar-refractivity contribution is -0.128. The quantitative estimate of drug-likeness (QED) is 0.593. The van der Waals surface area contributed by atoms with E-state index >= 15 is 0 Å². The second-order valence-electron chi connectivity index (χ2n) is 8.13. The summed E-state index contributed by atoms with van der Waals surface area (Å²) in [6.45, 7) is 1.80. The van der Waals surface area contributed by atoms with Gasteiger partial charge in [-0.2, -0.15) is 0 Å². The first kappa shape index (κ1) is 23.0. The number of anilines is 1. The van der Waals surface area contributed by atoms with E-state index in [2.05, 4.69) is 26.8 Å². The molecule has 0 atom stereocenters. The molecule has 33 heavy (non-hydrogen) atoms. The number of rotatable bonds is 5. The molecule has 0 bridgehead atoms. The van der Waals surface area contributed by atoms with Gasteiger partial charge in [0.2, 0.25) is 11.8 Å². The Bertz CT molecular complexity index is 1180. The van der Waals surface area contributed by atoms with Crippen molar-refractivity contribution in [2.24, 2.45) is 5.92 Å². The number of benzene rings is 2. The number of amides is 3. The number of hydrogen-bond acceptors (Lipinski definition) is 4. The Kier molecular flexibility index (Phi) is 6.51. The predicted octanol–water partition coefficient (Wildman–Crippen LogP) is 3.74. The van der Waals surface area contributed by atoms with Gasteiger partial charge in [0, 0.05) is 21.5 Å². The number of hydrogen-bond donors (Lipinski definition) is 2. The maximum atomic E-state index is 14.1. The van der Waals surface area contributed by atoms with Crippen LogP contribution >= 0.6 is 15.9 Å². The van der Waals surface area contributed by atoms with Gasteiger partial charge in [0.15, 0.2) is 0 Å². The van der Waals surface area contributed by atoms with E-state index < -0.39 is 5.91 Å². The van der Waals surface area contributed by atoms with Crippen molar-refractivity contribution in [2.75, 3.05) is 12.0 Å². The number of ether oxygens (including phenoxy) is 1. The number of methoxy groups -OCH3 is 1. The van der Waals surface area contributed by atoms with Gasteiger partial charge in [-0.3, -0.25) is 25.2 Å². The SMILES string of the molecule is COc1ccc2c(c1)C(Br)=C(C(=O)NNC(=O)C1CC1)CC(=O)N2Cc1ccc(C)c(F)c1. The van der Waals surface area contributed by atoms with E-state index in [0.717, 1.165) is 12.8 Å². The molecular weight excluding hydrogens is 493 g/mol. The minimum Gasteiger partial charge on any atom is -0.497 e. The molecule has 0 spiro atoms. The highest BCUT2D eigenvalue weighted by atomic mass is 79.9. The van der Waals surface area contributed by atoms with Crippen LogP contribution < -0.4 is 20.5 Å². The zero-order chi connectivity index (χ0) is 23.7. The Balaban J connectivity index is 1.68. The van der Waals surface area contributed by atoms with Crippen molar-refractivity contribution in [3.8, 4) is 5.75 Å². The Morgan fingerprint density at radius 3 is 2.61 bits per heavy atom. The topological polar surface area (TPSA) is 87.7 Å². The van der Waals surface area contributed by atoms with E-state index in [9.17, 15) is 18.8 Å². The summed E-state index contributed by atoms with van der Waals surface area (Å²) in [6.07, 6.45) is 1.39. The molecule has 9 heteroatoms. The molecule has 4 rings (SSSR count). The summed E-state index contributed by atoms with van der Waals surface area (Å²) in [4.78, 5) is 39.6. The van der Waals surface area contributed by atoms with Gasteiger partial charge in [-0.1, -0.05) is 12.1 Å². The van der Waals surface area contributed by atoms with Crippen LogP contribution in [0.1, 0.15) is 36.0 Å². The number of hydrazine groups is 1. The lowest BCUT2D eigenvalue weighted by Gasteiger charge is -2.24. The van der Waals surface area contributed by atoms with Gasteiger partial charge >= 0.3 is 0 Å². The Morgan fingerprint density at radius 2 is 1.94 bits per heavy atom. The molecule has 0 radical (unpaired) electrons.